The van der Waals surface area contributed by atoms with Gasteiger partial charge < -0.3 is 24.3 Å². The van der Waals surface area contributed by atoms with Crippen molar-refractivity contribution in [2.75, 3.05) is 19.9 Å². The van der Waals surface area contributed by atoms with Crippen LogP contribution in [0.1, 0.15) is 37.7 Å². The van der Waals surface area contributed by atoms with Crippen molar-refractivity contribution < 1.29 is 23.7 Å². The lowest BCUT2D eigenvalue weighted by atomic mass is 10.1. The molecule has 154 valence electrons. The molecule has 1 fully saturated rings. The minimum Gasteiger partial charge on any atom is -0.492 e. The molecule has 6 heteroatoms. The lowest BCUT2D eigenvalue weighted by Gasteiger charge is -2.14. The van der Waals surface area contributed by atoms with Crippen LogP contribution in [-0.2, 0) is 11.2 Å². The lowest BCUT2D eigenvalue weighted by molar-refractivity contribution is -0.121. The Morgan fingerprint density at radius 3 is 2.79 bits per heavy atom. The van der Waals surface area contributed by atoms with E-state index in [9.17, 15) is 4.79 Å². The largest absolute Gasteiger partial charge is 0.492 e. The highest BCUT2D eigenvalue weighted by Gasteiger charge is 2.16. The van der Waals surface area contributed by atoms with E-state index in [1.807, 2.05) is 36.4 Å². The van der Waals surface area contributed by atoms with Gasteiger partial charge in [0, 0.05) is 12.5 Å². The van der Waals surface area contributed by atoms with Gasteiger partial charge in [0.1, 0.15) is 18.1 Å². The summed E-state index contributed by atoms with van der Waals surface area (Å²) in [5, 5.41) is 2.90. The van der Waals surface area contributed by atoms with Crippen LogP contribution in [0.25, 0.3) is 0 Å². The average molecular weight is 397 g/mol. The molecule has 6 nitrogen and oxygen atoms in total. The third kappa shape index (κ3) is 5.56. The fraction of sp³-hybridized carbons (Fsp3) is 0.435. The first-order valence-electron chi connectivity index (χ1n) is 10.3. The topological polar surface area (TPSA) is 66.0 Å². The van der Waals surface area contributed by atoms with Gasteiger partial charge >= 0.3 is 0 Å². The van der Waals surface area contributed by atoms with E-state index in [-0.39, 0.29) is 12.7 Å². The monoisotopic (exact) mass is 397 g/mol. The second-order valence-corrected chi connectivity index (χ2v) is 7.39. The predicted octanol–water partition coefficient (Wildman–Crippen LogP) is 3.86. The Morgan fingerprint density at radius 2 is 1.90 bits per heavy atom. The van der Waals surface area contributed by atoms with Crippen molar-refractivity contribution in [2.24, 2.45) is 0 Å². The molecule has 1 N–H and O–H groups in total. The second kappa shape index (κ2) is 9.54. The quantitative estimate of drug-likeness (QED) is 0.651. The molecule has 0 radical (unpaired) electrons. The zero-order valence-corrected chi connectivity index (χ0v) is 16.5. The summed E-state index contributed by atoms with van der Waals surface area (Å²) in [5.74, 6) is 3.03. The van der Waals surface area contributed by atoms with Crippen LogP contribution < -0.4 is 24.3 Å². The molecule has 0 aromatic heterocycles. The van der Waals surface area contributed by atoms with Crippen LogP contribution in [0.4, 0.5) is 0 Å². The Labute approximate surface area is 171 Å². The maximum atomic E-state index is 12.1. The summed E-state index contributed by atoms with van der Waals surface area (Å²) >= 11 is 0. The number of hydrogen-bond acceptors (Lipinski definition) is 5. The van der Waals surface area contributed by atoms with Gasteiger partial charge in [-0.3, -0.25) is 4.79 Å². The van der Waals surface area contributed by atoms with Crippen molar-refractivity contribution in [1.29, 1.82) is 0 Å². The molecule has 0 bridgehead atoms. The molecule has 29 heavy (non-hydrogen) atoms. The van der Waals surface area contributed by atoms with E-state index in [0.717, 1.165) is 29.9 Å². The van der Waals surface area contributed by atoms with Gasteiger partial charge in [-0.25, -0.2) is 0 Å². The van der Waals surface area contributed by atoms with Crippen molar-refractivity contribution in [3.63, 3.8) is 0 Å². The number of hydrogen-bond donors (Lipinski definition) is 1. The Hall–Kier alpha value is -2.89. The Kier molecular flexibility index (Phi) is 6.39. The van der Waals surface area contributed by atoms with E-state index in [1.54, 1.807) is 6.07 Å². The molecule has 1 aliphatic carbocycles. The maximum Gasteiger partial charge on any atom is 0.231 e. The van der Waals surface area contributed by atoms with Gasteiger partial charge in [0.25, 0.3) is 0 Å². The Balaban J connectivity index is 1.15. The Bertz CT molecular complexity index is 832. The average Bonchev–Trinajstić information content (AvgIpc) is 3.41. The van der Waals surface area contributed by atoms with Crippen LogP contribution >= 0.6 is 0 Å². The molecule has 0 spiro atoms. The number of carbonyl (C=O) groups excluding carboxylic acids is 1. The van der Waals surface area contributed by atoms with Crippen LogP contribution in [0.2, 0.25) is 0 Å². The molecule has 1 saturated carbocycles. The molecule has 0 unspecified atom stereocenters. The first kappa shape index (κ1) is 19.4. The molecule has 1 heterocycles. The van der Waals surface area contributed by atoms with Crippen molar-refractivity contribution >= 4 is 5.91 Å². The number of carbonyl (C=O) groups is 1. The summed E-state index contributed by atoms with van der Waals surface area (Å²) in [6.07, 6.45) is 6.26. The summed E-state index contributed by atoms with van der Waals surface area (Å²) < 4.78 is 22.3. The second-order valence-electron chi connectivity index (χ2n) is 7.39. The number of fused-ring (bicyclic) bond motifs is 1. The first-order valence-corrected chi connectivity index (χ1v) is 10.3. The van der Waals surface area contributed by atoms with Crippen molar-refractivity contribution in [3.8, 4) is 23.0 Å². The third-order valence-electron chi connectivity index (χ3n) is 5.18. The minimum atomic E-state index is 0.0152. The number of nitrogens with one attached hydrogen (secondary N) is 1. The van der Waals surface area contributed by atoms with Gasteiger partial charge in [-0.15, -0.1) is 0 Å². The molecular formula is C23H27NO5. The normalized spacial score (nSPS) is 15.3. The Morgan fingerprint density at radius 1 is 1.03 bits per heavy atom. The number of aryl methyl sites for hydroxylation is 1. The van der Waals surface area contributed by atoms with Crippen molar-refractivity contribution in [2.45, 2.75) is 44.6 Å². The van der Waals surface area contributed by atoms with E-state index in [0.29, 0.717) is 43.6 Å². The fourth-order valence-electron chi connectivity index (χ4n) is 3.65. The zero-order chi connectivity index (χ0) is 19.9. The minimum absolute atomic E-state index is 0.0152. The number of benzene rings is 2. The highest BCUT2D eigenvalue weighted by molar-refractivity contribution is 5.76. The SMILES string of the molecule is O=C(CCc1cccc(OC2CCCC2)c1)NCCOc1ccc2c(c1)OCO2. The molecular weight excluding hydrogens is 370 g/mol. The van der Waals surface area contributed by atoms with E-state index in [2.05, 4.69) is 5.32 Å². The van der Waals surface area contributed by atoms with Crippen LogP contribution in [0.3, 0.4) is 0 Å². The van der Waals surface area contributed by atoms with Crippen LogP contribution in [0.15, 0.2) is 42.5 Å². The predicted molar refractivity (Wildman–Crippen MR) is 109 cm³/mol. The molecule has 1 amide bonds. The summed E-state index contributed by atoms with van der Waals surface area (Å²) in [7, 11) is 0. The standard InChI is InChI=1S/C23H27NO5/c25-23(24-12-13-26-19-9-10-21-22(15-19)28-16-27-21)11-8-17-4-3-7-20(14-17)29-18-5-1-2-6-18/h3-4,7,9-10,14-15,18H,1-2,5-6,8,11-13,16H2,(H,24,25). The highest BCUT2D eigenvalue weighted by atomic mass is 16.7. The van der Waals surface area contributed by atoms with Gasteiger partial charge in [0.2, 0.25) is 12.7 Å². The molecule has 2 aromatic carbocycles. The molecule has 2 aliphatic rings. The fourth-order valence-corrected chi connectivity index (χ4v) is 3.65. The third-order valence-corrected chi connectivity index (χ3v) is 5.18. The molecule has 1 aliphatic heterocycles. The molecule has 2 aromatic rings. The first-order chi connectivity index (χ1) is 14.3. The van der Waals surface area contributed by atoms with Gasteiger partial charge in [-0.1, -0.05) is 12.1 Å². The van der Waals surface area contributed by atoms with E-state index >= 15 is 0 Å². The van der Waals surface area contributed by atoms with E-state index < -0.39 is 0 Å². The van der Waals surface area contributed by atoms with Gasteiger partial charge in [-0.2, -0.15) is 0 Å². The highest BCUT2D eigenvalue weighted by Crippen LogP contribution is 2.35. The summed E-state index contributed by atoms with van der Waals surface area (Å²) in [5.41, 5.74) is 1.12. The van der Waals surface area contributed by atoms with Crippen LogP contribution in [0.5, 0.6) is 23.0 Å². The lowest BCUT2D eigenvalue weighted by Crippen LogP contribution is -2.28. The summed E-state index contributed by atoms with van der Waals surface area (Å²) in [6, 6.07) is 13.5. The van der Waals surface area contributed by atoms with Gasteiger partial charge in [-0.05, 0) is 61.9 Å². The van der Waals surface area contributed by atoms with E-state index in [1.165, 1.54) is 12.8 Å². The molecule has 0 saturated heterocycles. The van der Waals surface area contributed by atoms with Crippen LogP contribution in [0, 0.1) is 0 Å². The van der Waals surface area contributed by atoms with Crippen molar-refractivity contribution in [1.82, 2.24) is 5.32 Å². The molecule has 0 atom stereocenters. The maximum absolute atomic E-state index is 12.1. The van der Waals surface area contributed by atoms with Crippen molar-refractivity contribution in [3.05, 3.63) is 48.0 Å². The van der Waals surface area contributed by atoms with Crippen LogP contribution in [-0.4, -0.2) is 32.0 Å². The summed E-state index contributed by atoms with van der Waals surface area (Å²) in [6.45, 7) is 1.10. The number of rotatable bonds is 9. The van der Waals surface area contributed by atoms with E-state index in [4.69, 9.17) is 18.9 Å². The number of ether oxygens (including phenoxy) is 4. The zero-order valence-electron chi connectivity index (χ0n) is 16.5. The van der Waals surface area contributed by atoms with Gasteiger partial charge in [0.05, 0.1) is 12.6 Å². The summed E-state index contributed by atoms with van der Waals surface area (Å²) in [4.78, 5) is 12.1. The smallest absolute Gasteiger partial charge is 0.231 e. The van der Waals surface area contributed by atoms with Gasteiger partial charge in [0.15, 0.2) is 11.5 Å². The molecule has 4 rings (SSSR count). The number of amides is 1.